The van der Waals surface area contributed by atoms with Crippen molar-refractivity contribution in [1.29, 1.82) is 0 Å². The Labute approximate surface area is 135 Å². The highest BCUT2D eigenvalue weighted by molar-refractivity contribution is 5.73. The summed E-state index contributed by atoms with van der Waals surface area (Å²) in [5.74, 6) is 0.682. The first kappa shape index (κ1) is 18.8. The molecule has 0 spiro atoms. The number of ether oxygens (including phenoxy) is 4. The number of carboxylic acid groups (broad SMARTS) is 1. The molecule has 7 heteroatoms. The first-order valence-electron chi connectivity index (χ1n) is 7.01. The van der Waals surface area contributed by atoms with Crippen LogP contribution >= 0.6 is 0 Å². The van der Waals surface area contributed by atoms with Gasteiger partial charge in [0, 0.05) is 18.7 Å². The minimum absolute atomic E-state index is 0.0299. The van der Waals surface area contributed by atoms with Gasteiger partial charge >= 0.3 is 5.97 Å². The number of hydrogen-bond donors (Lipinski definition) is 2. The molecular weight excluding hydrogens is 302 g/mol. The van der Waals surface area contributed by atoms with Crippen LogP contribution in [0.15, 0.2) is 24.8 Å². The van der Waals surface area contributed by atoms with Gasteiger partial charge < -0.3 is 24.1 Å². The lowest BCUT2D eigenvalue weighted by Crippen LogP contribution is -2.40. The van der Waals surface area contributed by atoms with Gasteiger partial charge in [0.25, 0.3) is 0 Å². The minimum Gasteiger partial charge on any atom is -0.496 e. The Balaban J connectivity index is 2.88. The Kier molecular flexibility index (Phi) is 7.93. The molecule has 1 atom stereocenters. The molecule has 2 N–H and O–H groups in total. The number of aliphatic carboxylic acids is 1. The first-order valence-corrected chi connectivity index (χ1v) is 7.01. The highest BCUT2D eigenvalue weighted by Gasteiger charge is 2.20. The third kappa shape index (κ3) is 5.46. The van der Waals surface area contributed by atoms with E-state index in [1.165, 1.54) is 14.2 Å². The number of carbonyl (C=O) groups is 1. The van der Waals surface area contributed by atoms with E-state index in [0.717, 1.165) is 0 Å². The number of methoxy groups -OCH3 is 3. The zero-order valence-corrected chi connectivity index (χ0v) is 13.6. The second kappa shape index (κ2) is 9.70. The molecule has 23 heavy (non-hydrogen) atoms. The van der Waals surface area contributed by atoms with E-state index < -0.39 is 12.0 Å². The SMILES string of the molecule is C=CCOC[C@H](NCc1c(OC)cc(OC)cc1OC)C(=O)O. The number of benzene rings is 1. The maximum absolute atomic E-state index is 11.3. The topological polar surface area (TPSA) is 86.3 Å². The van der Waals surface area contributed by atoms with Crippen LogP contribution in [-0.4, -0.2) is 51.7 Å². The zero-order chi connectivity index (χ0) is 17.2. The summed E-state index contributed by atoms with van der Waals surface area (Å²) in [6, 6.07) is 2.57. The third-order valence-electron chi connectivity index (χ3n) is 3.16. The number of carboxylic acids is 1. The first-order chi connectivity index (χ1) is 11.1. The summed E-state index contributed by atoms with van der Waals surface area (Å²) in [6.07, 6.45) is 1.56. The van der Waals surface area contributed by atoms with Crippen LogP contribution in [0.2, 0.25) is 0 Å². The Morgan fingerprint density at radius 1 is 1.26 bits per heavy atom. The van der Waals surface area contributed by atoms with Crippen molar-refractivity contribution in [2.75, 3.05) is 34.5 Å². The largest absolute Gasteiger partial charge is 0.496 e. The summed E-state index contributed by atoms with van der Waals surface area (Å²) in [5.41, 5.74) is 0.700. The average molecular weight is 325 g/mol. The smallest absolute Gasteiger partial charge is 0.323 e. The van der Waals surface area contributed by atoms with E-state index in [2.05, 4.69) is 11.9 Å². The lowest BCUT2D eigenvalue weighted by molar-refractivity contribution is -0.141. The Morgan fingerprint density at radius 3 is 2.30 bits per heavy atom. The summed E-state index contributed by atoms with van der Waals surface area (Å²) < 4.78 is 21.0. The molecule has 0 saturated heterocycles. The van der Waals surface area contributed by atoms with Crippen molar-refractivity contribution in [3.63, 3.8) is 0 Å². The highest BCUT2D eigenvalue weighted by atomic mass is 16.5. The Morgan fingerprint density at radius 2 is 1.87 bits per heavy atom. The molecule has 0 aliphatic heterocycles. The molecule has 0 radical (unpaired) electrons. The normalized spacial score (nSPS) is 11.6. The summed E-state index contributed by atoms with van der Waals surface area (Å²) >= 11 is 0. The van der Waals surface area contributed by atoms with Gasteiger partial charge in [0.15, 0.2) is 0 Å². The van der Waals surface area contributed by atoms with Crippen molar-refractivity contribution in [2.24, 2.45) is 0 Å². The van der Waals surface area contributed by atoms with Crippen LogP contribution in [0.3, 0.4) is 0 Å². The van der Waals surface area contributed by atoms with E-state index in [4.69, 9.17) is 18.9 Å². The molecule has 0 unspecified atom stereocenters. The second-order valence-corrected chi connectivity index (χ2v) is 4.61. The predicted octanol–water partition coefficient (Wildman–Crippen LogP) is 1.46. The molecule has 0 aromatic heterocycles. The molecule has 0 heterocycles. The lowest BCUT2D eigenvalue weighted by atomic mass is 10.1. The van der Waals surface area contributed by atoms with E-state index >= 15 is 0 Å². The molecule has 0 aliphatic rings. The molecule has 0 saturated carbocycles. The Bertz CT molecular complexity index is 506. The summed E-state index contributed by atoms with van der Waals surface area (Å²) in [7, 11) is 4.60. The summed E-state index contributed by atoms with van der Waals surface area (Å²) in [4.78, 5) is 11.3. The third-order valence-corrected chi connectivity index (χ3v) is 3.16. The van der Waals surface area contributed by atoms with Crippen molar-refractivity contribution >= 4 is 5.97 Å². The van der Waals surface area contributed by atoms with Gasteiger partial charge in [-0.2, -0.15) is 0 Å². The second-order valence-electron chi connectivity index (χ2n) is 4.61. The minimum atomic E-state index is -1.000. The van der Waals surface area contributed by atoms with E-state index in [-0.39, 0.29) is 13.2 Å². The van der Waals surface area contributed by atoms with Gasteiger partial charge in [-0.3, -0.25) is 10.1 Å². The number of nitrogens with one attached hydrogen (secondary N) is 1. The van der Waals surface area contributed by atoms with Crippen molar-refractivity contribution in [2.45, 2.75) is 12.6 Å². The monoisotopic (exact) mass is 325 g/mol. The van der Waals surface area contributed by atoms with Crippen LogP contribution in [0.1, 0.15) is 5.56 Å². The van der Waals surface area contributed by atoms with E-state index in [1.807, 2.05) is 0 Å². The van der Waals surface area contributed by atoms with Crippen molar-refractivity contribution in [1.82, 2.24) is 5.32 Å². The van der Waals surface area contributed by atoms with Gasteiger partial charge in [0.05, 0.1) is 40.1 Å². The lowest BCUT2D eigenvalue weighted by Gasteiger charge is -2.18. The molecule has 0 fully saturated rings. The molecule has 0 aliphatic carbocycles. The van der Waals surface area contributed by atoms with Crippen LogP contribution in [0.4, 0.5) is 0 Å². The molecule has 0 amide bonds. The standard InChI is InChI=1S/C16H23NO6/c1-5-6-23-10-13(16(18)19)17-9-12-14(21-3)7-11(20-2)8-15(12)22-4/h5,7-8,13,17H,1,6,9-10H2,2-4H3,(H,18,19)/t13-/m0/s1. The quantitative estimate of drug-likeness (QED) is 0.470. The maximum Gasteiger partial charge on any atom is 0.323 e. The highest BCUT2D eigenvalue weighted by Crippen LogP contribution is 2.33. The van der Waals surface area contributed by atoms with Gasteiger partial charge in [0.2, 0.25) is 0 Å². The van der Waals surface area contributed by atoms with Crippen LogP contribution in [-0.2, 0) is 16.1 Å². The molecule has 7 nitrogen and oxygen atoms in total. The van der Waals surface area contributed by atoms with E-state index in [9.17, 15) is 9.90 Å². The average Bonchev–Trinajstić information content (AvgIpc) is 2.56. The number of hydrogen-bond acceptors (Lipinski definition) is 6. The van der Waals surface area contributed by atoms with Gasteiger partial charge in [-0.25, -0.2) is 0 Å². The molecule has 1 aromatic rings. The van der Waals surface area contributed by atoms with Gasteiger partial charge in [0.1, 0.15) is 23.3 Å². The van der Waals surface area contributed by atoms with Gasteiger partial charge in [-0.1, -0.05) is 6.08 Å². The fourth-order valence-electron chi connectivity index (χ4n) is 1.96. The van der Waals surface area contributed by atoms with Crippen LogP contribution < -0.4 is 19.5 Å². The summed E-state index contributed by atoms with van der Waals surface area (Å²) in [6.45, 7) is 4.08. The zero-order valence-electron chi connectivity index (χ0n) is 13.6. The summed E-state index contributed by atoms with van der Waals surface area (Å²) in [5, 5.41) is 12.2. The van der Waals surface area contributed by atoms with Crippen molar-refractivity contribution in [3.8, 4) is 17.2 Å². The Hall–Kier alpha value is -2.25. The fourth-order valence-corrected chi connectivity index (χ4v) is 1.96. The predicted molar refractivity (Wildman–Crippen MR) is 85.4 cm³/mol. The van der Waals surface area contributed by atoms with Crippen LogP contribution in [0.25, 0.3) is 0 Å². The van der Waals surface area contributed by atoms with Gasteiger partial charge in [-0.15, -0.1) is 6.58 Å². The van der Waals surface area contributed by atoms with Gasteiger partial charge in [-0.05, 0) is 0 Å². The molecule has 1 rings (SSSR count). The van der Waals surface area contributed by atoms with Crippen molar-refractivity contribution < 1.29 is 28.8 Å². The molecule has 1 aromatic carbocycles. The molecule has 128 valence electrons. The van der Waals surface area contributed by atoms with E-state index in [0.29, 0.717) is 29.4 Å². The number of rotatable bonds is 11. The van der Waals surface area contributed by atoms with Crippen molar-refractivity contribution in [3.05, 3.63) is 30.4 Å². The fraction of sp³-hybridized carbons (Fsp3) is 0.438. The molecule has 0 bridgehead atoms. The molecular formula is C16H23NO6. The van der Waals surface area contributed by atoms with Crippen LogP contribution in [0, 0.1) is 0 Å². The van der Waals surface area contributed by atoms with Crippen LogP contribution in [0.5, 0.6) is 17.2 Å². The van der Waals surface area contributed by atoms with E-state index in [1.54, 1.807) is 25.3 Å². The maximum atomic E-state index is 11.3.